The van der Waals surface area contributed by atoms with Gasteiger partial charge in [0.15, 0.2) is 0 Å². The van der Waals surface area contributed by atoms with Gasteiger partial charge in [-0.25, -0.2) is 9.78 Å². The number of nitrogens with zero attached hydrogens (tertiary/aromatic N) is 4. The van der Waals surface area contributed by atoms with E-state index in [-0.39, 0.29) is 12.1 Å². The fraction of sp³-hybridized carbons (Fsp3) is 0.667. The summed E-state index contributed by atoms with van der Waals surface area (Å²) >= 11 is 0. The zero-order valence-corrected chi connectivity index (χ0v) is 18.9. The van der Waals surface area contributed by atoms with Crippen molar-refractivity contribution in [3.8, 4) is 0 Å². The van der Waals surface area contributed by atoms with Crippen molar-refractivity contribution in [1.29, 1.82) is 0 Å². The van der Waals surface area contributed by atoms with Crippen molar-refractivity contribution in [2.75, 3.05) is 31.5 Å². The van der Waals surface area contributed by atoms with Crippen LogP contribution in [0.25, 0.3) is 11.0 Å². The largest absolute Gasteiger partial charge is 0.336 e. The predicted octanol–water partition coefficient (Wildman–Crippen LogP) is 3.65. The molecule has 0 bridgehead atoms. The molecule has 2 saturated heterocycles. The van der Waals surface area contributed by atoms with Crippen LogP contribution >= 0.6 is 0 Å². The van der Waals surface area contributed by atoms with Gasteiger partial charge >= 0.3 is 6.03 Å². The molecule has 1 aromatic heterocycles. The number of urea groups is 1. The highest BCUT2D eigenvalue weighted by Gasteiger charge is 2.34. The Labute approximate surface area is 185 Å². The zero-order valence-electron chi connectivity index (χ0n) is 18.9. The smallest absolute Gasteiger partial charge is 0.319 e. The normalized spacial score (nSPS) is 24.7. The highest BCUT2D eigenvalue weighted by atomic mass is 16.2. The Kier molecular flexibility index (Phi) is 5.89. The van der Waals surface area contributed by atoms with Crippen LogP contribution in [0.5, 0.6) is 0 Å². The second-order valence-electron chi connectivity index (χ2n) is 9.87. The molecule has 0 saturated carbocycles. The average molecular weight is 425 g/mol. The SMILES string of the molecule is CC(C)NC(=O)Nc1ccc2c(c1)nc1n2CCN(C[C@@H]2CCCN3CCCC[C@H]23)C1. The maximum atomic E-state index is 12.0. The van der Waals surface area contributed by atoms with Gasteiger partial charge in [0.1, 0.15) is 5.82 Å². The summed E-state index contributed by atoms with van der Waals surface area (Å²) in [6.07, 6.45) is 6.90. The van der Waals surface area contributed by atoms with Gasteiger partial charge in [0.05, 0.1) is 17.6 Å². The van der Waals surface area contributed by atoms with Crippen LogP contribution in [0.2, 0.25) is 0 Å². The summed E-state index contributed by atoms with van der Waals surface area (Å²) in [5, 5.41) is 5.79. The van der Waals surface area contributed by atoms with Crippen LogP contribution in [-0.2, 0) is 13.1 Å². The third kappa shape index (κ3) is 4.44. The fourth-order valence-corrected chi connectivity index (χ4v) is 5.86. The van der Waals surface area contributed by atoms with E-state index >= 15 is 0 Å². The summed E-state index contributed by atoms with van der Waals surface area (Å²) in [5.74, 6) is 1.96. The number of carbonyl (C=O) groups is 1. The minimum Gasteiger partial charge on any atom is -0.336 e. The van der Waals surface area contributed by atoms with E-state index in [4.69, 9.17) is 4.98 Å². The molecule has 0 aliphatic carbocycles. The highest BCUT2D eigenvalue weighted by molar-refractivity contribution is 5.92. The molecule has 7 nitrogen and oxygen atoms in total. The summed E-state index contributed by atoms with van der Waals surface area (Å²) in [5.41, 5.74) is 2.92. The number of carbonyl (C=O) groups excluding carboxylic acids is 1. The van der Waals surface area contributed by atoms with Crippen LogP contribution in [0, 0.1) is 5.92 Å². The molecule has 7 heteroatoms. The number of piperidine rings is 2. The van der Waals surface area contributed by atoms with Crippen molar-refractivity contribution in [2.24, 2.45) is 5.92 Å². The van der Waals surface area contributed by atoms with Crippen LogP contribution in [0.1, 0.15) is 51.8 Å². The van der Waals surface area contributed by atoms with Crippen LogP contribution < -0.4 is 10.6 Å². The van der Waals surface area contributed by atoms with Gasteiger partial charge in [0.2, 0.25) is 0 Å². The van der Waals surface area contributed by atoms with Crippen LogP contribution in [0.3, 0.4) is 0 Å². The fourth-order valence-electron chi connectivity index (χ4n) is 5.86. The Morgan fingerprint density at radius 1 is 1.13 bits per heavy atom. The lowest BCUT2D eigenvalue weighted by atomic mass is 9.83. The second-order valence-corrected chi connectivity index (χ2v) is 9.87. The Bertz CT molecular complexity index is 936. The van der Waals surface area contributed by atoms with Crippen molar-refractivity contribution in [3.63, 3.8) is 0 Å². The third-order valence-electron chi connectivity index (χ3n) is 7.23. The van der Waals surface area contributed by atoms with Crippen LogP contribution in [0.4, 0.5) is 10.5 Å². The summed E-state index contributed by atoms with van der Waals surface area (Å²) in [4.78, 5) is 22.4. The van der Waals surface area contributed by atoms with Gasteiger partial charge in [0.25, 0.3) is 0 Å². The molecule has 2 aromatic rings. The molecule has 4 heterocycles. The lowest BCUT2D eigenvalue weighted by Gasteiger charge is -2.46. The molecule has 5 rings (SSSR count). The van der Waals surface area contributed by atoms with E-state index in [1.54, 1.807) is 0 Å². The number of benzene rings is 1. The van der Waals surface area contributed by atoms with Crippen LogP contribution in [0.15, 0.2) is 18.2 Å². The monoisotopic (exact) mass is 424 g/mol. The molecule has 168 valence electrons. The number of fused-ring (bicyclic) bond motifs is 4. The van der Waals surface area contributed by atoms with Gasteiger partial charge in [-0.3, -0.25) is 4.90 Å². The highest BCUT2D eigenvalue weighted by Crippen LogP contribution is 2.32. The molecule has 1 aromatic carbocycles. The molecule has 2 amide bonds. The first kappa shape index (κ1) is 20.8. The molecule has 3 aliphatic heterocycles. The predicted molar refractivity (Wildman–Crippen MR) is 124 cm³/mol. The van der Waals surface area contributed by atoms with E-state index in [0.717, 1.165) is 48.6 Å². The zero-order chi connectivity index (χ0) is 21.4. The van der Waals surface area contributed by atoms with Crippen molar-refractivity contribution < 1.29 is 4.79 Å². The number of hydrogen-bond acceptors (Lipinski definition) is 4. The van der Waals surface area contributed by atoms with Gasteiger partial charge < -0.3 is 20.1 Å². The lowest BCUT2D eigenvalue weighted by Crippen LogP contribution is -2.51. The van der Waals surface area contributed by atoms with Gasteiger partial charge in [-0.15, -0.1) is 0 Å². The van der Waals surface area contributed by atoms with E-state index in [9.17, 15) is 4.79 Å². The Morgan fingerprint density at radius 3 is 2.87 bits per heavy atom. The number of imidazole rings is 1. The van der Waals surface area contributed by atoms with Crippen LogP contribution in [-0.4, -0.2) is 63.6 Å². The average Bonchev–Trinajstić information content (AvgIpc) is 3.10. The van der Waals surface area contributed by atoms with Crippen molar-refractivity contribution >= 4 is 22.8 Å². The quantitative estimate of drug-likeness (QED) is 0.786. The van der Waals surface area contributed by atoms with Gasteiger partial charge in [-0.1, -0.05) is 6.42 Å². The molecule has 0 radical (unpaired) electrons. The minimum absolute atomic E-state index is 0.111. The minimum atomic E-state index is -0.172. The molecule has 3 aliphatic rings. The van der Waals surface area contributed by atoms with E-state index in [0.29, 0.717) is 0 Å². The first-order valence-corrected chi connectivity index (χ1v) is 12.1. The van der Waals surface area contributed by atoms with Crippen molar-refractivity contribution in [1.82, 2.24) is 24.7 Å². The number of nitrogens with one attached hydrogen (secondary N) is 2. The summed E-state index contributed by atoms with van der Waals surface area (Å²) in [6, 6.07) is 6.80. The molecular weight excluding hydrogens is 388 g/mol. The number of aromatic nitrogens is 2. The maximum Gasteiger partial charge on any atom is 0.319 e. The third-order valence-corrected chi connectivity index (χ3v) is 7.23. The van der Waals surface area contributed by atoms with E-state index in [1.807, 2.05) is 26.0 Å². The summed E-state index contributed by atoms with van der Waals surface area (Å²) in [7, 11) is 0. The van der Waals surface area contributed by atoms with Gasteiger partial charge in [-0.2, -0.15) is 0 Å². The summed E-state index contributed by atoms with van der Waals surface area (Å²) < 4.78 is 2.36. The lowest BCUT2D eigenvalue weighted by molar-refractivity contribution is 0.0353. The molecule has 31 heavy (non-hydrogen) atoms. The van der Waals surface area contributed by atoms with Gasteiger partial charge in [-0.05, 0) is 76.7 Å². The van der Waals surface area contributed by atoms with Crippen molar-refractivity contribution in [2.45, 2.75) is 71.1 Å². The first-order valence-electron chi connectivity index (χ1n) is 12.1. The molecule has 2 fully saturated rings. The Morgan fingerprint density at radius 2 is 2.00 bits per heavy atom. The molecule has 0 unspecified atom stereocenters. The number of hydrogen-bond donors (Lipinski definition) is 2. The maximum absolute atomic E-state index is 12.0. The standard InChI is InChI=1S/C24H36N6O/c1-17(2)25-24(31)26-19-8-9-22-20(14-19)27-23-16-28(12-13-30(22)23)15-18-6-5-11-29-10-4-3-7-21(18)29/h8-9,14,17-18,21H,3-7,10-13,15-16H2,1-2H3,(H2,25,26,31)/t18-,21+/m0/s1. The Hall–Kier alpha value is -2.12. The van der Waals surface area contributed by atoms with Gasteiger partial charge in [0, 0.05) is 37.4 Å². The topological polar surface area (TPSA) is 65.4 Å². The molecule has 0 spiro atoms. The second kappa shape index (κ2) is 8.79. The van der Waals surface area contributed by atoms with Crippen molar-refractivity contribution in [3.05, 3.63) is 24.0 Å². The first-order chi connectivity index (χ1) is 15.1. The number of amides is 2. The number of anilines is 1. The molecule has 2 atom stereocenters. The van der Waals surface area contributed by atoms with E-state index in [1.165, 1.54) is 57.3 Å². The molecular formula is C24H36N6O. The number of rotatable bonds is 4. The van der Waals surface area contributed by atoms with E-state index < -0.39 is 0 Å². The summed E-state index contributed by atoms with van der Waals surface area (Å²) in [6.45, 7) is 10.7. The Balaban J connectivity index is 1.27. The molecule has 2 N–H and O–H groups in total. The van der Waals surface area contributed by atoms with E-state index in [2.05, 4.69) is 31.1 Å².